The zero-order valence-corrected chi connectivity index (χ0v) is 17.4. The van der Waals surface area contributed by atoms with E-state index in [4.69, 9.17) is 0 Å². The molecular weight excluding hydrogens is 362 g/mol. The van der Waals surface area contributed by atoms with Gasteiger partial charge >= 0.3 is 0 Å². The Labute approximate surface area is 173 Å². The van der Waals surface area contributed by atoms with Crippen LogP contribution >= 0.6 is 0 Å². The van der Waals surface area contributed by atoms with Gasteiger partial charge in [0.25, 0.3) is 0 Å². The summed E-state index contributed by atoms with van der Waals surface area (Å²) >= 11 is 0. The molecule has 4 heterocycles. The van der Waals surface area contributed by atoms with Crippen molar-refractivity contribution in [1.29, 1.82) is 0 Å². The smallest absolute Gasteiger partial charge is 0.222 e. The van der Waals surface area contributed by atoms with Gasteiger partial charge in [0.2, 0.25) is 5.91 Å². The van der Waals surface area contributed by atoms with Crippen LogP contribution in [0.5, 0.6) is 0 Å². The predicted octanol–water partition coefficient (Wildman–Crippen LogP) is 3.02. The molecule has 0 N–H and O–H groups in total. The average Bonchev–Trinajstić information content (AvgIpc) is 2.75. The first-order chi connectivity index (χ1) is 14.1. The number of pyridine rings is 1. The van der Waals surface area contributed by atoms with Gasteiger partial charge < -0.3 is 9.80 Å². The summed E-state index contributed by atoms with van der Waals surface area (Å²) in [5, 5.41) is 0. The number of aryl methyl sites for hydroxylation is 2. The summed E-state index contributed by atoms with van der Waals surface area (Å²) in [7, 11) is 0. The van der Waals surface area contributed by atoms with Crippen LogP contribution < -0.4 is 0 Å². The lowest BCUT2D eigenvalue weighted by molar-refractivity contribution is -0.140. The SMILES string of the molecule is Cc1cnc(CN2CC3(CCC2=O)CCN(CCCc2cccnc2)CC3)cn1. The van der Waals surface area contributed by atoms with E-state index >= 15 is 0 Å². The van der Waals surface area contributed by atoms with Crippen LogP contribution in [0.2, 0.25) is 0 Å². The van der Waals surface area contributed by atoms with E-state index in [9.17, 15) is 4.79 Å². The highest BCUT2D eigenvalue weighted by molar-refractivity contribution is 5.77. The van der Waals surface area contributed by atoms with Crippen molar-refractivity contribution in [2.24, 2.45) is 5.41 Å². The summed E-state index contributed by atoms with van der Waals surface area (Å²) in [6, 6.07) is 4.17. The van der Waals surface area contributed by atoms with Crippen LogP contribution in [0.15, 0.2) is 36.9 Å². The molecule has 2 aliphatic rings. The van der Waals surface area contributed by atoms with Crippen LogP contribution in [0.25, 0.3) is 0 Å². The Hall–Kier alpha value is -2.34. The Kier molecular flexibility index (Phi) is 6.19. The molecule has 2 saturated heterocycles. The van der Waals surface area contributed by atoms with Gasteiger partial charge in [0.15, 0.2) is 0 Å². The van der Waals surface area contributed by atoms with Crippen LogP contribution in [0.4, 0.5) is 0 Å². The van der Waals surface area contributed by atoms with E-state index in [1.165, 1.54) is 24.8 Å². The quantitative estimate of drug-likeness (QED) is 0.755. The molecule has 0 aromatic carbocycles. The van der Waals surface area contributed by atoms with Gasteiger partial charge in [-0.25, -0.2) is 0 Å². The highest BCUT2D eigenvalue weighted by atomic mass is 16.2. The maximum Gasteiger partial charge on any atom is 0.222 e. The third kappa shape index (κ3) is 5.18. The largest absolute Gasteiger partial charge is 0.336 e. The molecule has 1 amide bonds. The van der Waals surface area contributed by atoms with Crippen molar-refractivity contribution in [3.05, 3.63) is 53.9 Å². The molecule has 2 aromatic heterocycles. The lowest BCUT2D eigenvalue weighted by Crippen LogP contribution is -2.51. The number of carbonyl (C=O) groups excluding carboxylic acids is 1. The second kappa shape index (κ2) is 8.99. The van der Waals surface area contributed by atoms with Crippen LogP contribution in [0, 0.1) is 12.3 Å². The fourth-order valence-corrected chi connectivity index (χ4v) is 4.65. The number of likely N-dealkylation sites (tertiary alicyclic amines) is 2. The minimum atomic E-state index is 0.261. The molecule has 2 aromatic rings. The zero-order valence-electron chi connectivity index (χ0n) is 17.4. The van der Waals surface area contributed by atoms with Gasteiger partial charge in [0.05, 0.1) is 24.1 Å². The molecule has 0 aliphatic carbocycles. The Morgan fingerprint density at radius 3 is 2.69 bits per heavy atom. The molecule has 2 fully saturated rings. The maximum atomic E-state index is 12.5. The number of piperidine rings is 2. The van der Waals surface area contributed by atoms with Gasteiger partial charge in [-0.2, -0.15) is 0 Å². The molecule has 0 unspecified atom stereocenters. The number of carbonyl (C=O) groups is 1. The van der Waals surface area contributed by atoms with Crippen LogP contribution in [0.3, 0.4) is 0 Å². The van der Waals surface area contributed by atoms with Crippen molar-refractivity contribution < 1.29 is 4.79 Å². The Morgan fingerprint density at radius 2 is 1.97 bits per heavy atom. The molecule has 0 atom stereocenters. The Bertz CT molecular complexity index is 800. The summed E-state index contributed by atoms with van der Waals surface area (Å²) in [6.07, 6.45) is 13.7. The molecule has 0 bridgehead atoms. The van der Waals surface area contributed by atoms with Crippen LogP contribution in [-0.2, 0) is 17.8 Å². The molecule has 0 saturated carbocycles. The van der Waals surface area contributed by atoms with Crippen LogP contribution in [0.1, 0.15) is 49.1 Å². The number of aromatic nitrogens is 3. The molecule has 6 nitrogen and oxygen atoms in total. The number of hydrogen-bond donors (Lipinski definition) is 0. The predicted molar refractivity (Wildman–Crippen MR) is 112 cm³/mol. The third-order valence-corrected chi connectivity index (χ3v) is 6.51. The van der Waals surface area contributed by atoms with Crippen molar-refractivity contribution in [2.75, 3.05) is 26.2 Å². The van der Waals surface area contributed by atoms with E-state index in [0.717, 1.165) is 50.4 Å². The lowest BCUT2D eigenvalue weighted by atomic mass is 9.72. The van der Waals surface area contributed by atoms with Crippen molar-refractivity contribution in [3.63, 3.8) is 0 Å². The summed E-state index contributed by atoms with van der Waals surface area (Å²) < 4.78 is 0. The number of rotatable bonds is 6. The van der Waals surface area contributed by atoms with Crippen molar-refractivity contribution in [3.8, 4) is 0 Å². The molecule has 6 heteroatoms. The maximum absolute atomic E-state index is 12.5. The van der Waals surface area contributed by atoms with Crippen LogP contribution in [-0.4, -0.2) is 56.8 Å². The van der Waals surface area contributed by atoms with Crippen molar-refractivity contribution in [1.82, 2.24) is 24.8 Å². The summed E-state index contributed by atoms with van der Waals surface area (Å²) in [6.45, 7) is 6.81. The number of nitrogens with zero attached hydrogens (tertiary/aromatic N) is 5. The molecule has 29 heavy (non-hydrogen) atoms. The molecule has 0 radical (unpaired) electrons. The zero-order chi connectivity index (χ0) is 20.1. The standard InChI is InChI=1S/C23H31N5O/c1-19-14-26-21(16-25-19)17-28-18-23(7-6-22(28)29)8-12-27(13-9-23)11-3-5-20-4-2-10-24-15-20/h2,4,10,14-16H,3,5-9,11-13,17-18H2,1H3. The van der Waals surface area contributed by atoms with Crippen molar-refractivity contribution in [2.45, 2.75) is 52.0 Å². The van der Waals surface area contributed by atoms with E-state index in [-0.39, 0.29) is 11.3 Å². The second-order valence-corrected chi connectivity index (χ2v) is 8.71. The van der Waals surface area contributed by atoms with Gasteiger partial charge in [0, 0.05) is 31.6 Å². The molecule has 154 valence electrons. The fraction of sp³-hybridized carbons (Fsp3) is 0.565. The average molecular weight is 394 g/mol. The second-order valence-electron chi connectivity index (χ2n) is 8.71. The first kappa shape index (κ1) is 20.0. The molecule has 4 rings (SSSR count). The summed E-state index contributed by atoms with van der Waals surface area (Å²) in [5.74, 6) is 0.261. The molecular formula is C23H31N5O. The molecule has 2 aliphatic heterocycles. The van der Waals surface area contributed by atoms with E-state index < -0.39 is 0 Å². The first-order valence-electron chi connectivity index (χ1n) is 10.8. The van der Waals surface area contributed by atoms with E-state index in [1.54, 1.807) is 12.4 Å². The Balaban J connectivity index is 1.27. The highest BCUT2D eigenvalue weighted by Crippen LogP contribution is 2.40. The number of amides is 1. The fourth-order valence-electron chi connectivity index (χ4n) is 4.65. The lowest BCUT2D eigenvalue weighted by Gasteiger charge is -2.47. The normalized spacial score (nSPS) is 19.6. The van der Waals surface area contributed by atoms with Gasteiger partial charge in [-0.15, -0.1) is 0 Å². The first-order valence-corrected chi connectivity index (χ1v) is 10.8. The highest BCUT2D eigenvalue weighted by Gasteiger charge is 2.40. The van der Waals surface area contributed by atoms with Gasteiger partial charge in [-0.1, -0.05) is 6.07 Å². The van der Waals surface area contributed by atoms with Gasteiger partial charge in [0.1, 0.15) is 0 Å². The third-order valence-electron chi connectivity index (χ3n) is 6.51. The van der Waals surface area contributed by atoms with Gasteiger partial charge in [-0.05, 0) is 75.7 Å². The minimum absolute atomic E-state index is 0.261. The van der Waals surface area contributed by atoms with E-state index in [0.29, 0.717) is 13.0 Å². The molecule has 1 spiro atoms. The van der Waals surface area contributed by atoms with Crippen molar-refractivity contribution >= 4 is 5.91 Å². The van der Waals surface area contributed by atoms with Gasteiger partial charge in [-0.3, -0.25) is 19.7 Å². The Morgan fingerprint density at radius 1 is 1.10 bits per heavy atom. The number of hydrogen-bond acceptors (Lipinski definition) is 5. The monoisotopic (exact) mass is 393 g/mol. The van der Waals surface area contributed by atoms with E-state index in [2.05, 4.69) is 25.9 Å². The summed E-state index contributed by atoms with van der Waals surface area (Å²) in [4.78, 5) is 30.1. The summed E-state index contributed by atoms with van der Waals surface area (Å²) in [5.41, 5.74) is 3.40. The topological polar surface area (TPSA) is 62.2 Å². The minimum Gasteiger partial charge on any atom is -0.336 e. The van der Waals surface area contributed by atoms with E-state index in [1.807, 2.05) is 30.3 Å².